The highest BCUT2D eigenvalue weighted by atomic mass is 32.2. The molecular weight excluding hydrogens is 355 g/mol. The molecule has 25 heavy (non-hydrogen) atoms. The SMILES string of the molecule is CSc1cccc(NC(=O)COC(=O)c2cccc(C(F)(F)F)c2)c1. The van der Waals surface area contributed by atoms with Gasteiger partial charge in [-0.15, -0.1) is 11.8 Å². The molecule has 0 radical (unpaired) electrons. The van der Waals surface area contributed by atoms with Crippen molar-refractivity contribution in [2.24, 2.45) is 0 Å². The van der Waals surface area contributed by atoms with Crippen molar-refractivity contribution in [3.05, 3.63) is 59.7 Å². The summed E-state index contributed by atoms with van der Waals surface area (Å²) in [7, 11) is 0. The van der Waals surface area contributed by atoms with Crippen LogP contribution in [0.4, 0.5) is 18.9 Å². The largest absolute Gasteiger partial charge is 0.452 e. The first-order chi connectivity index (χ1) is 11.8. The predicted octanol–water partition coefficient (Wildman–Crippen LogP) is 4.22. The minimum absolute atomic E-state index is 0.271. The highest BCUT2D eigenvalue weighted by Gasteiger charge is 2.31. The van der Waals surface area contributed by atoms with Crippen molar-refractivity contribution in [2.45, 2.75) is 11.1 Å². The van der Waals surface area contributed by atoms with Gasteiger partial charge < -0.3 is 10.1 Å². The second kappa shape index (κ2) is 8.06. The van der Waals surface area contributed by atoms with Gasteiger partial charge in [-0.1, -0.05) is 12.1 Å². The molecule has 0 aromatic heterocycles. The lowest BCUT2D eigenvalue weighted by Crippen LogP contribution is -2.21. The lowest BCUT2D eigenvalue weighted by atomic mass is 10.1. The van der Waals surface area contributed by atoms with Gasteiger partial charge in [-0.05, 0) is 42.7 Å². The van der Waals surface area contributed by atoms with Gasteiger partial charge in [-0.25, -0.2) is 4.79 Å². The predicted molar refractivity (Wildman–Crippen MR) is 88.6 cm³/mol. The number of ether oxygens (including phenoxy) is 1. The van der Waals surface area contributed by atoms with Crippen LogP contribution in [-0.2, 0) is 15.7 Å². The smallest absolute Gasteiger partial charge is 0.416 e. The van der Waals surface area contributed by atoms with Crippen molar-refractivity contribution < 1.29 is 27.5 Å². The van der Waals surface area contributed by atoms with Crippen LogP contribution in [0.1, 0.15) is 15.9 Å². The first-order valence-corrected chi connectivity index (χ1v) is 8.30. The number of hydrogen-bond acceptors (Lipinski definition) is 4. The maximum atomic E-state index is 12.6. The number of carbonyl (C=O) groups excluding carboxylic acids is 2. The Labute approximate surface area is 146 Å². The van der Waals surface area contributed by atoms with Crippen LogP contribution in [0.2, 0.25) is 0 Å². The van der Waals surface area contributed by atoms with Gasteiger partial charge in [0, 0.05) is 10.6 Å². The van der Waals surface area contributed by atoms with Gasteiger partial charge in [0.25, 0.3) is 5.91 Å². The van der Waals surface area contributed by atoms with Crippen LogP contribution in [0, 0.1) is 0 Å². The number of nitrogens with one attached hydrogen (secondary N) is 1. The highest BCUT2D eigenvalue weighted by molar-refractivity contribution is 7.98. The summed E-state index contributed by atoms with van der Waals surface area (Å²) in [5.74, 6) is -1.59. The summed E-state index contributed by atoms with van der Waals surface area (Å²) < 4.78 is 42.7. The topological polar surface area (TPSA) is 55.4 Å². The van der Waals surface area contributed by atoms with Crippen molar-refractivity contribution in [2.75, 3.05) is 18.2 Å². The Morgan fingerprint density at radius 1 is 1.12 bits per heavy atom. The number of halogens is 3. The molecule has 0 bridgehead atoms. The quantitative estimate of drug-likeness (QED) is 0.633. The molecule has 0 saturated heterocycles. The van der Waals surface area contributed by atoms with E-state index in [2.05, 4.69) is 5.32 Å². The van der Waals surface area contributed by atoms with Crippen molar-refractivity contribution in [3.63, 3.8) is 0 Å². The van der Waals surface area contributed by atoms with Crippen LogP contribution < -0.4 is 5.32 Å². The molecule has 132 valence electrons. The van der Waals surface area contributed by atoms with Crippen LogP contribution in [-0.4, -0.2) is 24.7 Å². The Bertz CT molecular complexity index is 778. The molecule has 0 saturated carbocycles. The molecule has 8 heteroatoms. The van der Waals surface area contributed by atoms with E-state index in [0.717, 1.165) is 17.0 Å². The van der Waals surface area contributed by atoms with Crippen molar-refractivity contribution in [1.82, 2.24) is 0 Å². The van der Waals surface area contributed by atoms with E-state index in [4.69, 9.17) is 4.74 Å². The summed E-state index contributed by atoms with van der Waals surface area (Å²) in [6.45, 7) is -0.599. The fourth-order valence-electron chi connectivity index (χ4n) is 1.93. The van der Waals surface area contributed by atoms with Crippen molar-refractivity contribution in [1.29, 1.82) is 0 Å². The normalized spacial score (nSPS) is 11.0. The molecule has 0 atom stereocenters. The van der Waals surface area contributed by atoms with Crippen molar-refractivity contribution in [3.8, 4) is 0 Å². The zero-order valence-electron chi connectivity index (χ0n) is 13.1. The van der Waals surface area contributed by atoms with Crippen LogP contribution >= 0.6 is 11.8 Å². The second-order valence-corrected chi connectivity index (χ2v) is 5.81. The number of carbonyl (C=O) groups is 2. The van der Waals surface area contributed by atoms with Crippen LogP contribution in [0.5, 0.6) is 0 Å². The molecular formula is C17H14F3NO3S. The second-order valence-electron chi connectivity index (χ2n) is 4.93. The van der Waals surface area contributed by atoms with Gasteiger partial charge in [0.05, 0.1) is 11.1 Å². The van der Waals surface area contributed by atoms with Crippen LogP contribution in [0.25, 0.3) is 0 Å². The monoisotopic (exact) mass is 369 g/mol. The third kappa shape index (κ3) is 5.53. The third-order valence-corrected chi connectivity index (χ3v) is 3.84. The average Bonchev–Trinajstić information content (AvgIpc) is 2.59. The first-order valence-electron chi connectivity index (χ1n) is 7.08. The van der Waals surface area contributed by atoms with Gasteiger partial charge in [-0.2, -0.15) is 13.2 Å². The van der Waals surface area contributed by atoms with Gasteiger partial charge in [0.2, 0.25) is 0 Å². The summed E-state index contributed by atoms with van der Waals surface area (Å²) in [6, 6.07) is 10.9. The van der Waals surface area contributed by atoms with E-state index >= 15 is 0 Å². The van der Waals surface area contributed by atoms with Gasteiger partial charge in [-0.3, -0.25) is 4.79 Å². The number of benzene rings is 2. The van der Waals surface area contributed by atoms with Crippen molar-refractivity contribution >= 4 is 29.3 Å². The molecule has 0 spiro atoms. The minimum atomic E-state index is -4.56. The van der Waals surface area contributed by atoms with E-state index in [0.29, 0.717) is 11.8 Å². The van der Waals surface area contributed by atoms with Crippen LogP contribution in [0.3, 0.4) is 0 Å². The molecule has 0 fully saturated rings. The molecule has 2 rings (SSSR count). The number of anilines is 1. The van der Waals surface area contributed by atoms with E-state index in [1.165, 1.54) is 17.8 Å². The molecule has 1 N–H and O–H groups in total. The molecule has 2 aromatic rings. The van der Waals surface area contributed by atoms with E-state index in [1.807, 2.05) is 12.3 Å². The fourth-order valence-corrected chi connectivity index (χ4v) is 2.39. The zero-order valence-corrected chi connectivity index (χ0v) is 13.9. The highest BCUT2D eigenvalue weighted by Crippen LogP contribution is 2.29. The first kappa shape index (κ1) is 18.9. The third-order valence-electron chi connectivity index (χ3n) is 3.11. The van der Waals surface area contributed by atoms with Crippen LogP contribution in [0.15, 0.2) is 53.4 Å². The van der Waals surface area contributed by atoms with E-state index in [1.54, 1.807) is 18.2 Å². The molecule has 0 aliphatic rings. The molecule has 0 heterocycles. The summed E-state index contributed by atoms with van der Waals surface area (Å²) in [4.78, 5) is 24.6. The summed E-state index contributed by atoms with van der Waals surface area (Å²) in [5, 5.41) is 2.55. The van der Waals surface area contributed by atoms with Gasteiger partial charge in [0.15, 0.2) is 6.61 Å². The maximum Gasteiger partial charge on any atom is 0.416 e. The average molecular weight is 369 g/mol. The number of thioether (sulfide) groups is 1. The van der Waals surface area contributed by atoms with Gasteiger partial charge in [0.1, 0.15) is 0 Å². The lowest BCUT2D eigenvalue weighted by Gasteiger charge is -2.09. The van der Waals surface area contributed by atoms with Gasteiger partial charge >= 0.3 is 12.1 Å². The summed E-state index contributed by atoms with van der Waals surface area (Å²) >= 11 is 1.50. The number of rotatable bonds is 5. The number of alkyl halides is 3. The molecule has 0 aliphatic heterocycles. The number of hydrogen-bond donors (Lipinski definition) is 1. The molecule has 2 aromatic carbocycles. The molecule has 4 nitrogen and oxygen atoms in total. The molecule has 0 aliphatic carbocycles. The van der Waals surface area contributed by atoms with E-state index in [9.17, 15) is 22.8 Å². The Morgan fingerprint density at radius 3 is 2.52 bits per heavy atom. The van der Waals surface area contributed by atoms with E-state index < -0.39 is 30.2 Å². The Kier molecular flexibility index (Phi) is 6.08. The maximum absolute atomic E-state index is 12.6. The molecule has 0 unspecified atom stereocenters. The summed E-state index contributed by atoms with van der Waals surface area (Å²) in [5.41, 5.74) is -0.695. The Balaban J connectivity index is 1.94. The van der Waals surface area contributed by atoms with E-state index in [-0.39, 0.29) is 5.56 Å². The Hall–Kier alpha value is -2.48. The summed E-state index contributed by atoms with van der Waals surface area (Å²) in [6.07, 6.45) is -2.67. The number of amides is 1. The zero-order chi connectivity index (χ0) is 18.4. The minimum Gasteiger partial charge on any atom is -0.452 e. The number of esters is 1. The fraction of sp³-hybridized carbons (Fsp3) is 0.176. The standard InChI is InChI=1S/C17H14F3NO3S/c1-25-14-7-3-6-13(9-14)21-15(22)10-24-16(23)11-4-2-5-12(8-11)17(18,19)20/h2-9H,10H2,1H3,(H,21,22). The Morgan fingerprint density at radius 2 is 1.84 bits per heavy atom. The molecule has 1 amide bonds. The lowest BCUT2D eigenvalue weighted by molar-refractivity contribution is -0.137.